The monoisotopic (exact) mass is 318 g/mol. The fourth-order valence-corrected chi connectivity index (χ4v) is 2.85. The zero-order valence-electron chi connectivity index (χ0n) is 13.7. The lowest BCUT2D eigenvalue weighted by Gasteiger charge is -2.02. The van der Waals surface area contributed by atoms with Crippen LogP contribution in [-0.4, -0.2) is 13.0 Å². The molecule has 126 valence electrons. The van der Waals surface area contributed by atoms with Crippen LogP contribution in [0.2, 0.25) is 0 Å². The minimum Gasteiger partial charge on any atom is -0.282 e. The third-order valence-electron chi connectivity index (χ3n) is 3.74. The minimum absolute atomic E-state index is 0.734. The van der Waals surface area contributed by atoms with Gasteiger partial charge < -0.3 is 0 Å². The molecule has 1 N–H and O–H groups in total. The van der Waals surface area contributed by atoms with E-state index in [2.05, 4.69) is 6.92 Å². The van der Waals surface area contributed by atoms with Gasteiger partial charge in [0.2, 0.25) is 0 Å². The number of unbranched alkanes of at least 4 members (excludes halogenated alkanes) is 13. The Kier molecular flexibility index (Phi) is 14.3. The SMILES string of the molecule is CCCCCCCCCCCCCCC/C=C/S(=O)(=O)O. The highest BCUT2D eigenvalue weighted by molar-refractivity contribution is 7.88. The summed E-state index contributed by atoms with van der Waals surface area (Å²) in [5, 5.41) is 0.882. The standard InChI is InChI=1S/C17H34O3S/c1-2-3-4-5-6-7-8-9-10-11-12-13-14-15-16-17-21(18,19)20/h16-17H,2-15H2,1H3,(H,18,19,20)/b17-16+. The fourth-order valence-electron chi connectivity index (χ4n) is 2.47. The van der Waals surface area contributed by atoms with E-state index in [0.717, 1.165) is 24.7 Å². The van der Waals surface area contributed by atoms with Crippen LogP contribution in [0.3, 0.4) is 0 Å². The average molecular weight is 319 g/mol. The molecule has 3 nitrogen and oxygen atoms in total. The quantitative estimate of drug-likeness (QED) is 0.303. The Morgan fingerprint density at radius 3 is 1.48 bits per heavy atom. The van der Waals surface area contributed by atoms with E-state index in [9.17, 15) is 8.42 Å². The lowest BCUT2D eigenvalue weighted by Crippen LogP contribution is -1.89. The summed E-state index contributed by atoms with van der Waals surface area (Å²) in [6.07, 6.45) is 19.3. The first-order valence-electron chi connectivity index (χ1n) is 8.70. The van der Waals surface area contributed by atoms with Crippen LogP contribution in [0.4, 0.5) is 0 Å². The van der Waals surface area contributed by atoms with Crippen molar-refractivity contribution in [2.24, 2.45) is 0 Å². The van der Waals surface area contributed by atoms with Crippen LogP contribution in [0.15, 0.2) is 11.5 Å². The van der Waals surface area contributed by atoms with Crippen LogP contribution in [0, 0.1) is 0 Å². The van der Waals surface area contributed by atoms with Crippen LogP contribution in [0.5, 0.6) is 0 Å². The van der Waals surface area contributed by atoms with Crippen LogP contribution in [-0.2, 0) is 10.1 Å². The molecule has 0 aliphatic rings. The molecule has 0 aliphatic heterocycles. The van der Waals surface area contributed by atoms with E-state index in [1.807, 2.05) is 0 Å². The topological polar surface area (TPSA) is 54.4 Å². The molecule has 0 saturated heterocycles. The summed E-state index contributed by atoms with van der Waals surface area (Å²) in [6, 6.07) is 0. The molecule has 0 fully saturated rings. The molecule has 0 heterocycles. The van der Waals surface area contributed by atoms with Gasteiger partial charge in [-0.05, 0) is 12.8 Å². The summed E-state index contributed by atoms with van der Waals surface area (Å²) in [4.78, 5) is 0. The predicted octanol–water partition coefficient (Wildman–Crippen LogP) is 5.87. The first-order chi connectivity index (χ1) is 10.1. The van der Waals surface area contributed by atoms with Crippen LogP contribution >= 0.6 is 0 Å². The number of hydrogen-bond donors (Lipinski definition) is 1. The van der Waals surface area contributed by atoms with E-state index in [4.69, 9.17) is 4.55 Å². The Hall–Kier alpha value is -0.350. The Bertz CT molecular complexity index is 334. The third kappa shape index (κ3) is 19.6. The normalized spacial score (nSPS) is 12.3. The summed E-state index contributed by atoms with van der Waals surface area (Å²) < 4.78 is 29.4. The van der Waals surface area contributed by atoms with Gasteiger partial charge in [0, 0.05) is 0 Å². The zero-order chi connectivity index (χ0) is 15.8. The van der Waals surface area contributed by atoms with E-state index < -0.39 is 10.1 Å². The number of rotatable bonds is 15. The Labute approximate surface area is 132 Å². The van der Waals surface area contributed by atoms with Crippen molar-refractivity contribution in [3.8, 4) is 0 Å². The molecule has 0 atom stereocenters. The Morgan fingerprint density at radius 2 is 1.10 bits per heavy atom. The molecular weight excluding hydrogens is 284 g/mol. The van der Waals surface area contributed by atoms with Crippen LogP contribution in [0.25, 0.3) is 0 Å². The summed E-state index contributed by atoms with van der Waals surface area (Å²) in [5.41, 5.74) is 0. The molecule has 0 aromatic heterocycles. The first kappa shape index (κ1) is 20.6. The van der Waals surface area contributed by atoms with Gasteiger partial charge in [0.05, 0.1) is 5.41 Å². The molecule has 0 radical (unpaired) electrons. The lowest BCUT2D eigenvalue weighted by molar-refractivity contribution is 0.494. The second-order valence-electron chi connectivity index (χ2n) is 5.92. The molecule has 4 heteroatoms. The molecule has 0 aromatic rings. The third-order valence-corrected chi connectivity index (χ3v) is 4.28. The maximum absolute atomic E-state index is 10.4. The molecule has 0 aliphatic carbocycles. The van der Waals surface area contributed by atoms with Crippen molar-refractivity contribution >= 4 is 10.1 Å². The molecule has 0 rings (SSSR count). The maximum Gasteiger partial charge on any atom is 0.287 e. The Morgan fingerprint density at radius 1 is 0.714 bits per heavy atom. The van der Waals surface area contributed by atoms with Crippen LogP contribution < -0.4 is 0 Å². The van der Waals surface area contributed by atoms with E-state index in [0.29, 0.717) is 0 Å². The van der Waals surface area contributed by atoms with Crippen molar-refractivity contribution in [1.82, 2.24) is 0 Å². The second kappa shape index (κ2) is 14.6. The predicted molar refractivity (Wildman–Crippen MR) is 91.0 cm³/mol. The van der Waals surface area contributed by atoms with Crippen LogP contribution in [0.1, 0.15) is 96.8 Å². The van der Waals surface area contributed by atoms with E-state index in [1.54, 1.807) is 0 Å². The smallest absolute Gasteiger partial charge is 0.282 e. The molecular formula is C17H34O3S. The van der Waals surface area contributed by atoms with Gasteiger partial charge in [-0.3, -0.25) is 4.55 Å². The van der Waals surface area contributed by atoms with Gasteiger partial charge in [-0.1, -0.05) is 90.0 Å². The van der Waals surface area contributed by atoms with Gasteiger partial charge in [-0.15, -0.1) is 0 Å². The lowest BCUT2D eigenvalue weighted by atomic mass is 10.0. The summed E-state index contributed by atoms with van der Waals surface area (Å²) in [6.45, 7) is 2.25. The summed E-state index contributed by atoms with van der Waals surface area (Å²) >= 11 is 0. The molecule has 0 amide bonds. The minimum atomic E-state index is -3.92. The van der Waals surface area contributed by atoms with Crippen molar-refractivity contribution in [3.05, 3.63) is 11.5 Å². The van der Waals surface area contributed by atoms with Gasteiger partial charge in [-0.25, -0.2) is 0 Å². The maximum atomic E-state index is 10.4. The van der Waals surface area contributed by atoms with Gasteiger partial charge in [0.25, 0.3) is 10.1 Å². The largest absolute Gasteiger partial charge is 0.287 e. The molecule has 0 saturated carbocycles. The zero-order valence-corrected chi connectivity index (χ0v) is 14.5. The van der Waals surface area contributed by atoms with Gasteiger partial charge in [-0.2, -0.15) is 8.42 Å². The number of allylic oxidation sites excluding steroid dienone is 1. The number of hydrogen-bond acceptors (Lipinski definition) is 2. The van der Waals surface area contributed by atoms with Crippen molar-refractivity contribution < 1.29 is 13.0 Å². The first-order valence-corrected chi connectivity index (χ1v) is 10.2. The molecule has 0 unspecified atom stereocenters. The summed E-state index contributed by atoms with van der Waals surface area (Å²) in [7, 11) is -3.92. The molecule has 0 spiro atoms. The molecule has 0 aromatic carbocycles. The van der Waals surface area contributed by atoms with E-state index in [-0.39, 0.29) is 0 Å². The Balaban J connectivity index is 3.11. The highest BCUT2D eigenvalue weighted by atomic mass is 32.2. The van der Waals surface area contributed by atoms with Gasteiger partial charge in [0.15, 0.2) is 0 Å². The van der Waals surface area contributed by atoms with Crippen molar-refractivity contribution in [1.29, 1.82) is 0 Å². The van der Waals surface area contributed by atoms with Crippen molar-refractivity contribution in [2.75, 3.05) is 0 Å². The molecule has 0 bridgehead atoms. The van der Waals surface area contributed by atoms with E-state index in [1.165, 1.54) is 76.7 Å². The van der Waals surface area contributed by atoms with Gasteiger partial charge in [0.1, 0.15) is 0 Å². The molecule has 21 heavy (non-hydrogen) atoms. The van der Waals surface area contributed by atoms with Crippen molar-refractivity contribution in [3.63, 3.8) is 0 Å². The fraction of sp³-hybridized carbons (Fsp3) is 0.882. The average Bonchev–Trinajstić information content (AvgIpc) is 2.42. The van der Waals surface area contributed by atoms with Crippen molar-refractivity contribution in [2.45, 2.75) is 96.8 Å². The highest BCUT2D eigenvalue weighted by Gasteiger charge is 1.95. The van der Waals surface area contributed by atoms with Gasteiger partial charge >= 0.3 is 0 Å². The highest BCUT2D eigenvalue weighted by Crippen LogP contribution is 2.13. The summed E-state index contributed by atoms with van der Waals surface area (Å²) in [5.74, 6) is 0. The second-order valence-corrected chi connectivity index (χ2v) is 7.22. The van der Waals surface area contributed by atoms with E-state index >= 15 is 0 Å².